The molecule has 0 bridgehead atoms. The van der Waals surface area contributed by atoms with Crippen LogP contribution in [0.4, 0.5) is 5.69 Å². The predicted molar refractivity (Wildman–Crippen MR) is 53.9 cm³/mol. The third-order valence-corrected chi connectivity index (χ3v) is 2.15. The Morgan fingerprint density at radius 3 is 2.73 bits per heavy atom. The van der Waals surface area contributed by atoms with Crippen LogP contribution in [-0.2, 0) is 5.88 Å². The van der Waals surface area contributed by atoms with E-state index < -0.39 is 4.92 Å². The molecule has 15 heavy (non-hydrogen) atoms. The first-order chi connectivity index (χ1) is 7.13. The van der Waals surface area contributed by atoms with Crippen molar-refractivity contribution >= 4 is 17.3 Å². The molecule has 6 heteroatoms. The molecule has 0 radical (unpaired) electrons. The van der Waals surface area contributed by atoms with Gasteiger partial charge in [0.2, 0.25) is 0 Å². The summed E-state index contributed by atoms with van der Waals surface area (Å²) in [7, 11) is 1.42. The Balaban J connectivity index is 3.42. The maximum absolute atomic E-state index is 10.6. The Morgan fingerprint density at radius 1 is 1.67 bits per heavy atom. The highest BCUT2D eigenvalue weighted by atomic mass is 35.5. The quantitative estimate of drug-likeness (QED) is 0.450. The fourth-order valence-electron chi connectivity index (χ4n) is 1.15. The number of rotatable bonds is 3. The monoisotopic (exact) mass is 226 g/mol. The maximum Gasteiger partial charge on any atom is 0.287 e. The molecule has 0 fully saturated rings. The number of methoxy groups -OCH3 is 1. The van der Waals surface area contributed by atoms with Crippen LogP contribution in [0, 0.1) is 21.4 Å². The second-order valence-electron chi connectivity index (χ2n) is 2.68. The number of nitro groups is 1. The van der Waals surface area contributed by atoms with Gasteiger partial charge in [0.05, 0.1) is 17.9 Å². The minimum atomic E-state index is -0.617. The van der Waals surface area contributed by atoms with Gasteiger partial charge in [-0.25, -0.2) is 0 Å². The van der Waals surface area contributed by atoms with Gasteiger partial charge >= 0.3 is 0 Å². The normalized spacial score (nSPS) is 9.40. The van der Waals surface area contributed by atoms with Crippen molar-refractivity contribution in [2.75, 3.05) is 7.11 Å². The average Bonchev–Trinajstić information content (AvgIpc) is 2.26. The van der Waals surface area contributed by atoms with Crippen LogP contribution < -0.4 is 4.74 Å². The molecule has 0 saturated heterocycles. The molecule has 0 unspecified atom stereocenters. The van der Waals surface area contributed by atoms with Gasteiger partial charge in [-0.15, -0.1) is 11.6 Å². The van der Waals surface area contributed by atoms with E-state index in [9.17, 15) is 10.1 Å². The zero-order valence-corrected chi connectivity index (χ0v) is 8.61. The van der Waals surface area contributed by atoms with E-state index in [2.05, 4.69) is 0 Å². The zero-order chi connectivity index (χ0) is 11.4. The van der Waals surface area contributed by atoms with Gasteiger partial charge in [-0.1, -0.05) is 0 Å². The van der Waals surface area contributed by atoms with Crippen LogP contribution in [-0.4, -0.2) is 12.0 Å². The Kier molecular flexibility index (Phi) is 3.47. The molecule has 1 aromatic rings. The summed E-state index contributed by atoms with van der Waals surface area (Å²) in [5, 5.41) is 19.3. The Labute approximate surface area is 91.0 Å². The van der Waals surface area contributed by atoms with Crippen molar-refractivity contribution in [3.05, 3.63) is 33.4 Å². The summed E-state index contributed by atoms with van der Waals surface area (Å²) in [5.74, 6) is 0.475. The number of alkyl halides is 1. The largest absolute Gasteiger partial charge is 0.496 e. The smallest absolute Gasteiger partial charge is 0.287 e. The molecule has 5 nitrogen and oxygen atoms in total. The van der Waals surface area contributed by atoms with E-state index in [0.29, 0.717) is 11.3 Å². The van der Waals surface area contributed by atoms with E-state index in [4.69, 9.17) is 21.6 Å². The number of nitriles is 1. The molecule has 1 rings (SSSR count). The molecule has 0 N–H and O–H groups in total. The van der Waals surface area contributed by atoms with Crippen molar-refractivity contribution in [1.29, 1.82) is 5.26 Å². The molecular weight excluding hydrogens is 220 g/mol. The standard InChI is InChI=1S/C9H7ClN2O3/c1-15-9-3-7(5-11)8(12(13)14)2-6(9)4-10/h2-3H,4H2,1H3. The topological polar surface area (TPSA) is 76.2 Å². The number of nitro benzene ring substituents is 1. The summed E-state index contributed by atoms with van der Waals surface area (Å²) in [4.78, 5) is 10.0. The first-order valence-electron chi connectivity index (χ1n) is 3.95. The molecule has 0 aromatic heterocycles. The van der Waals surface area contributed by atoms with Gasteiger partial charge in [-0.05, 0) is 0 Å². The van der Waals surface area contributed by atoms with Crippen LogP contribution in [0.5, 0.6) is 5.75 Å². The zero-order valence-electron chi connectivity index (χ0n) is 7.86. The van der Waals surface area contributed by atoms with E-state index in [1.165, 1.54) is 19.2 Å². The number of halogens is 1. The molecular formula is C9H7ClN2O3. The second kappa shape index (κ2) is 4.62. The fraction of sp³-hybridized carbons (Fsp3) is 0.222. The van der Waals surface area contributed by atoms with Gasteiger partial charge in [0.1, 0.15) is 17.4 Å². The molecule has 0 spiro atoms. The van der Waals surface area contributed by atoms with Crippen molar-refractivity contribution < 1.29 is 9.66 Å². The minimum Gasteiger partial charge on any atom is -0.496 e. The number of hydrogen-bond donors (Lipinski definition) is 0. The number of benzene rings is 1. The van der Waals surface area contributed by atoms with Crippen molar-refractivity contribution in [3.8, 4) is 11.8 Å². The second-order valence-corrected chi connectivity index (χ2v) is 2.95. The Morgan fingerprint density at radius 2 is 2.33 bits per heavy atom. The molecule has 78 valence electrons. The number of ether oxygens (including phenoxy) is 1. The van der Waals surface area contributed by atoms with E-state index in [0.717, 1.165) is 0 Å². The van der Waals surface area contributed by atoms with Crippen LogP contribution in [0.1, 0.15) is 11.1 Å². The maximum atomic E-state index is 10.6. The fourth-order valence-corrected chi connectivity index (χ4v) is 1.36. The number of hydrogen-bond acceptors (Lipinski definition) is 4. The van der Waals surface area contributed by atoms with Crippen LogP contribution in [0.3, 0.4) is 0 Å². The lowest BCUT2D eigenvalue weighted by molar-refractivity contribution is -0.385. The van der Waals surface area contributed by atoms with E-state index in [-0.39, 0.29) is 17.1 Å². The van der Waals surface area contributed by atoms with Gasteiger partial charge in [-0.2, -0.15) is 5.26 Å². The van der Waals surface area contributed by atoms with Gasteiger partial charge in [-0.3, -0.25) is 10.1 Å². The predicted octanol–water partition coefficient (Wildman–Crippen LogP) is 2.21. The first-order valence-corrected chi connectivity index (χ1v) is 4.48. The van der Waals surface area contributed by atoms with Crippen LogP contribution in [0.25, 0.3) is 0 Å². The highest BCUT2D eigenvalue weighted by Crippen LogP contribution is 2.29. The van der Waals surface area contributed by atoms with Gasteiger partial charge in [0.25, 0.3) is 5.69 Å². The van der Waals surface area contributed by atoms with E-state index in [1.807, 2.05) is 0 Å². The van der Waals surface area contributed by atoms with Crippen LogP contribution in [0.2, 0.25) is 0 Å². The summed E-state index contributed by atoms with van der Waals surface area (Å²) in [6.45, 7) is 0. The van der Waals surface area contributed by atoms with Crippen molar-refractivity contribution in [3.63, 3.8) is 0 Å². The lowest BCUT2D eigenvalue weighted by atomic mass is 10.1. The summed E-state index contributed by atoms with van der Waals surface area (Å²) < 4.78 is 4.96. The SMILES string of the molecule is COc1cc(C#N)c([N+](=O)[O-])cc1CCl. The minimum absolute atomic E-state index is 0.0364. The summed E-state index contributed by atoms with van der Waals surface area (Å²) in [6.07, 6.45) is 0. The summed E-state index contributed by atoms with van der Waals surface area (Å²) in [6, 6.07) is 4.31. The summed E-state index contributed by atoms with van der Waals surface area (Å²) >= 11 is 5.60. The van der Waals surface area contributed by atoms with Crippen molar-refractivity contribution in [1.82, 2.24) is 0 Å². The molecule has 0 aliphatic heterocycles. The third kappa shape index (κ3) is 2.17. The molecule has 0 heterocycles. The average molecular weight is 227 g/mol. The highest BCUT2D eigenvalue weighted by Gasteiger charge is 2.17. The van der Waals surface area contributed by atoms with Gasteiger partial charge < -0.3 is 4.74 Å². The van der Waals surface area contributed by atoms with Crippen molar-refractivity contribution in [2.24, 2.45) is 0 Å². The van der Waals surface area contributed by atoms with Gasteiger partial charge in [0.15, 0.2) is 0 Å². The lowest BCUT2D eigenvalue weighted by Crippen LogP contribution is -1.97. The molecule has 0 aliphatic carbocycles. The highest BCUT2D eigenvalue weighted by molar-refractivity contribution is 6.17. The molecule has 0 amide bonds. The molecule has 0 aliphatic rings. The van der Waals surface area contributed by atoms with Gasteiger partial charge in [0, 0.05) is 17.7 Å². The Bertz CT molecular complexity index is 440. The molecule has 0 saturated carbocycles. The molecule has 0 atom stereocenters. The van der Waals surface area contributed by atoms with E-state index >= 15 is 0 Å². The van der Waals surface area contributed by atoms with Crippen LogP contribution >= 0.6 is 11.6 Å². The third-order valence-electron chi connectivity index (χ3n) is 1.86. The lowest BCUT2D eigenvalue weighted by Gasteiger charge is -2.06. The Hall–Kier alpha value is -1.80. The summed E-state index contributed by atoms with van der Waals surface area (Å²) in [5.41, 5.74) is 0.199. The molecule has 1 aromatic carbocycles. The van der Waals surface area contributed by atoms with Crippen molar-refractivity contribution in [2.45, 2.75) is 5.88 Å². The van der Waals surface area contributed by atoms with Crippen LogP contribution in [0.15, 0.2) is 12.1 Å². The first kappa shape index (κ1) is 11.3. The number of nitrogens with zero attached hydrogens (tertiary/aromatic N) is 2. The van der Waals surface area contributed by atoms with E-state index in [1.54, 1.807) is 6.07 Å².